The summed E-state index contributed by atoms with van der Waals surface area (Å²) >= 11 is 6.13. The van der Waals surface area contributed by atoms with Crippen LogP contribution in [0.4, 0.5) is 0 Å². The van der Waals surface area contributed by atoms with E-state index in [-0.39, 0.29) is 11.8 Å². The van der Waals surface area contributed by atoms with Crippen molar-refractivity contribution in [2.24, 2.45) is 0 Å². The number of carbonyl (C=O) groups excluding carboxylic acids is 2. The second kappa shape index (κ2) is 7.66. The van der Waals surface area contributed by atoms with Gasteiger partial charge in [-0.15, -0.1) is 0 Å². The summed E-state index contributed by atoms with van der Waals surface area (Å²) in [5, 5.41) is 3.29. The molecule has 1 aliphatic heterocycles. The van der Waals surface area contributed by atoms with Crippen molar-refractivity contribution < 1.29 is 9.59 Å². The van der Waals surface area contributed by atoms with E-state index in [1.54, 1.807) is 35.2 Å². The maximum atomic E-state index is 12.7. The molecule has 1 aromatic heterocycles. The minimum Gasteiger partial charge on any atom is -0.351 e. The lowest BCUT2D eigenvalue weighted by atomic mass is 10.0. The molecule has 1 N–H and O–H groups in total. The third kappa shape index (κ3) is 3.82. The summed E-state index contributed by atoms with van der Waals surface area (Å²) in [7, 11) is 0. The van der Waals surface area contributed by atoms with Crippen molar-refractivity contribution in [1.82, 2.24) is 15.2 Å². The maximum absolute atomic E-state index is 12.7. The van der Waals surface area contributed by atoms with Crippen molar-refractivity contribution >= 4 is 23.4 Å². The zero-order valence-corrected chi connectivity index (χ0v) is 14.8. The van der Waals surface area contributed by atoms with Crippen molar-refractivity contribution in [3.8, 4) is 0 Å². The molecule has 5 nitrogen and oxygen atoms in total. The smallest absolute Gasteiger partial charge is 0.269 e. The van der Waals surface area contributed by atoms with Gasteiger partial charge >= 0.3 is 0 Å². The van der Waals surface area contributed by atoms with Crippen LogP contribution in [0.15, 0.2) is 36.4 Å². The van der Waals surface area contributed by atoms with E-state index in [1.165, 1.54) is 0 Å². The summed E-state index contributed by atoms with van der Waals surface area (Å²) in [6.07, 6.45) is 1.51. The summed E-state index contributed by atoms with van der Waals surface area (Å²) in [5.74, 6) is -0.236. The highest BCUT2D eigenvalue weighted by Gasteiger charge is 2.24. The zero-order valence-electron chi connectivity index (χ0n) is 14.1. The quantitative estimate of drug-likeness (QED) is 0.914. The summed E-state index contributed by atoms with van der Waals surface area (Å²) in [5.41, 5.74) is 2.79. The number of halogens is 1. The number of nitrogens with zero attached hydrogens (tertiary/aromatic N) is 2. The normalized spacial score (nSPS) is 13.3. The highest BCUT2D eigenvalue weighted by atomic mass is 35.5. The molecule has 0 aliphatic carbocycles. The number of carbonyl (C=O) groups is 2. The van der Waals surface area contributed by atoms with Crippen molar-refractivity contribution in [2.45, 2.75) is 26.3 Å². The summed E-state index contributed by atoms with van der Waals surface area (Å²) in [6.45, 7) is 3.68. The second-order valence-corrected chi connectivity index (χ2v) is 6.42. The molecule has 130 valence electrons. The lowest BCUT2D eigenvalue weighted by Crippen LogP contribution is -2.37. The van der Waals surface area contributed by atoms with Crippen molar-refractivity contribution in [3.05, 3.63) is 63.9 Å². The molecule has 0 saturated heterocycles. The van der Waals surface area contributed by atoms with Gasteiger partial charge in [0.25, 0.3) is 11.8 Å². The Morgan fingerprint density at radius 1 is 1.24 bits per heavy atom. The number of aromatic nitrogens is 1. The average molecular weight is 358 g/mol. The van der Waals surface area contributed by atoms with Crippen molar-refractivity contribution in [3.63, 3.8) is 0 Å². The lowest BCUT2D eigenvalue weighted by molar-refractivity contribution is 0.0732. The first-order valence-corrected chi connectivity index (χ1v) is 8.78. The first-order valence-electron chi connectivity index (χ1n) is 8.41. The van der Waals surface area contributed by atoms with Gasteiger partial charge in [-0.25, -0.2) is 4.98 Å². The van der Waals surface area contributed by atoms with Gasteiger partial charge in [-0.2, -0.15) is 0 Å². The minimum absolute atomic E-state index is 0.0824. The zero-order chi connectivity index (χ0) is 17.8. The standard InChI is InChI=1S/C19H20ClN3O2/c1-2-10-21-18(24)17-8-7-13-12-23(11-9-16(13)22-17)19(25)14-5-3-4-6-15(14)20/h3-8H,2,9-12H2,1H3,(H,21,24). The molecule has 2 heterocycles. The van der Waals surface area contributed by atoms with E-state index >= 15 is 0 Å². The second-order valence-electron chi connectivity index (χ2n) is 6.01. The van der Waals surface area contributed by atoms with Gasteiger partial charge in [-0.3, -0.25) is 9.59 Å². The molecule has 25 heavy (non-hydrogen) atoms. The molecular formula is C19H20ClN3O2. The van der Waals surface area contributed by atoms with E-state index in [9.17, 15) is 9.59 Å². The number of hydrogen-bond donors (Lipinski definition) is 1. The fourth-order valence-corrected chi connectivity index (χ4v) is 3.07. The van der Waals surface area contributed by atoms with Crippen LogP contribution in [0.25, 0.3) is 0 Å². The average Bonchev–Trinajstić information content (AvgIpc) is 2.65. The predicted molar refractivity (Wildman–Crippen MR) is 96.8 cm³/mol. The van der Waals surface area contributed by atoms with E-state index in [0.717, 1.165) is 17.7 Å². The van der Waals surface area contributed by atoms with Crippen LogP contribution in [0.1, 0.15) is 45.4 Å². The minimum atomic E-state index is -0.153. The number of hydrogen-bond acceptors (Lipinski definition) is 3. The Morgan fingerprint density at radius 3 is 2.80 bits per heavy atom. The summed E-state index contributed by atoms with van der Waals surface area (Å²) < 4.78 is 0. The van der Waals surface area contributed by atoms with E-state index in [0.29, 0.717) is 42.3 Å². The molecule has 0 atom stereocenters. The SMILES string of the molecule is CCCNC(=O)c1ccc2c(n1)CCN(C(=O)c1ccccc1Cl)C2. The Morgan fingerprint density at radius 2 is 2.04 bits per heavy atom. The topological polar surface area (TPSA) is 62.3 Å². The van der Waals surface area contributed by atoms with Crippen LogP contribution in [-0.4, -0.2) is 34.8 Å². The van der Waals surface area contributed by atoms with Crippen molar-refractivity contribution in [2.75, 3.05) is 13.1 Å². The molecule has 0 unspecified atom stereocenters. The maximum Gasteiger partial charge on any atom is 0.269 e. The van der Waals surface area contributed by atoms with Crippen LogP contribution in [0.3, 0.4) is 0 Å². The van der Waals surface area contributed by atoms with Gasteiger partial charge in [0.05, 0.1) is 10.6 Å². The Bertz CT molecular complexity index is 807. The molecule has 3 rings (SSSR count). The largest absolute Gasteiger partial charge is 0.351 e. The Hall–Kier alpha value is -2.40. The molecule has 0 fully saturated rings. The molecule has 2 aromatic rings. The van der Waals surface area contributed by atoms with Gasteiger partial charge in [0.2, 0.25) is 0 Å². The van der Waals surface area contributed by atoms with E-state index in [4.69, 9.17) is 11.6 Å². The Kier molecular flexibility index (Phi) is 5.34. The number of nitrogens with one attached hydrogen (secondary N) is 1. The van der Waals surface area contributed by atoms with Gasteiger partial charge in [0.1, 0.15) is 5.69 Å². The Balaban J connectivity index is 1.75. The fraction of sp³-hybridized carbons (Fsp3) is 0.316. The van der Waals surface area contributed by atoms with Crippen LogP contribution in [0.5, 0.6) is 0 Å². The molecule has 1 aromatic carbocycles. The molecule has 0 spiro atoms. The summed E-state index contributed by atoms with van der Waals surface area (Å²) in [6, 6.07) is 10.7. The molecule has 0 bridgehead atoms. The first kappa shape index (κ1) is 17.4. The van der Waals surface area contributed by atoms with E-state index < -0.39 is 0 Å². The molecule has 0 saturated carbocycles. The van der Waals surface area contributed by atoms with Crippen LogP contribution in [0, 0.1) is 0 Å². The highest BCUT2D eigenvalue weighted by Crippen LogP contribution is 2.22. The van der Waals surface area contributed by atoms with Gasteiger partial charge in [0, 0.05) is 31.7 Å². The molecule has 0 radical (unpaired) electrons. The number of rotatable bonds is 4. The number of benzene rings is 1. The highest BCUT2D eigenvalue weighted by molar-refractivity contribution is 6.33. The number of fused-ring (bicyclic) bond motifs is 1. The summed E-state index contributed by atoms with van der Waals surface area (Å²) in [4.78, 5) is 31.0. The number of amides is 2. The number of pyridine rings is 1. The fourth-order valence-electron chi connectivity index (χ4n) is 2.85. The van der Waals surface area contributed by atoms with Crippen LogP contribution in [-0.2, 0) is 13.0 Å². The molecular weight excluding hydrogens is 338 g/mol. The third-order valence-corrected chi connectivity index (χ3v) is 4.54. The van der Waals surface area contributed by atoms with Gasteiger partial charge in [-0.1, -0.05) is 36.7 Å². The van der Waals surface area contributed by atoms with E-state index in [1.807, 2.05) is 13.0 Å². The molecule has 6 heteroatoms. The van der Waals surface area contributed by atoms with E-state index in [2.05, 4.69) is 10.3 Å². The van der Waals surface area contributed by atoms with Gasteiger partial charge < -0.3 is 10.2 Å². The van der Waals surface area contributed by atoms with Gasteiger partial charge in [0.15, 0.2) is 0 Å². The van der Waals surface area contributed by atoms with Crippen molar-refractivity contribution in [1.29, 1.82) is 0 Å². The lowest BCUT2D eigenvalue weighted by Gasteiger charge is -2.28. The predicted octanol–water partition coefficient (Wildman–Crippen LogP) is 3.07. The Labute approximate surface area is 152 Å². The van der Waals surface area contributed by atoms with Crippen LogP contribution >= 0.6 is 11.6 Å². The van der Waals surface area contributed by atoms with Crippen LogP contribution < -0.4 is 5.32 Å². The third-order valence-electron chi connectivity index (χ3n) is 4.21. The molecule has 2 amide bonds. The first-order chi connectivity index (χ1) is 12.1. The molecule has 1 aliphatic rings. The van der Waals surface area contributed by atoms with Gasteiger partial charge in [-0.05, 0) is 30.2 Å². The van der Waals surface area contributed by atoms with Crippen LogP contribution in [0.2, 0.25) is 5.02 Å². The monoisotopic (exact) mass is 357 g/mol.